The van der Waals surface area contributed by atoms with E-state index in [0.29, 0.717) is 0 Å². The van der Waals surface area contributed by atoms with Crippen LogP contribution in [0.2, 0.25) is 0 Å². The number of imidazole rings is 1. The molecule has 2 aromatic rings. The van der Waals surface area contributed by atoms with Crippen molar-refractivity contribution >= 4 is 49.6 Å². The van der Waals surface area contributed by atoms with E-state index in [4.69, 9.17) is 0 Å². The smallest absolute Gasteiger partial charge is 0.213 e. The molecule has 0 aromatic carbocycles. The van der Waals surface area contributed by atoms with Gasteiger partial charge in [0, 0.05) is 0 Å². The first-order chi connectivity index (χ1) is 8.10. The lowest BCUT2D eigenvalue weighted by molar-refractivity contribution is 0.958. The molecule has 0 aliphatic rings. The van der Waals surface area contributed by atoms with Crippen molar-refractivity contribution in [1.29, 1.82) is 0 Å². The molecule has 0 aliphatic heterocycles. The predicted molar refractivity (Wildman–Crippen MR) is 79.5 cm³/mol. The van der Waals surface area contributed by atoms with Crippen LogP contribution in [-0.2, 0) is 0 Å². The first-order valence-corrected chi connectivity index (χ1v) is 7.85. The van der Waals surface area contributed by atoms with Crippen molar-refractivity contribution in [3.63, 3.8) is 0 Å². The third kappa shape index (κ3) is 3.00. The Kier molecular flexibility index (Phi) is 4.06. The fraction of sp³-hybridized carbons (Fsp3) is 0.273. The summed E-state index contributed by atoms with van der Waals surface area (Å²) in [7, 11) is 0. The number of aromatic nitrogens is 3. The Morgan fingerprint density at radius 1 is 1.47 bits per heavy atom. The highest BCUT2D eigenvalue weighted by molar-refractivity contribution is 9.11. The van der Waals surface area contributed by atoms with E-state index in [1.807, 2.05) is 6.20 Å². The molecule has 0 saturated carbocycles. The summed E-state index contributed by atoms with van der Waals surface area (Å²) in [5, 5.41) is 4.27. The van der Waals surface area contributed by atoms with Gasteiger partial charge >= 0.3 is 0 Å². The summed E-state index contributed by atoms with van der Waals surface area (Å²) >= 11 is 6.62. The fourth-order valence-electron chi connectivity index (χ4n) is 1.26. The number of hydrogen-bond acceptors (Lipinski definition) is 4. The molecule has 0 amide bonds. The van der Waals surface area contributed by atoms with E-state index in [9.17, 15) is 0 Å². The van der Waals surface area contributed by atoms with Gasteiger partial charge in [-0.05, 0) is 46.5 Å². The summed E-state index contributed by atoms with van der Waals surface area (Å²) in [5.41, 5.74) is 2.12. The SMILES string of the molecule is CS/C(C)=C/C=C(\C)c1cn2nc(Br)sc2n1. The first kappa shape index (κ1) is 12.9. The Morgan fingerprint density at radius 2 is 2.24 bits per heavy atom. The second kappa shape index (κ2) is 5.37. The van der Waals surface area contributed by atoms with Crippen LogP contribution >= 0.6 is 39.0 Å². The molecule has 0 spiro atoms. The molecule has 0 radical (unpaired) electrons. The number of nitrogens with zero attached hydrogens (tertiary/aromatic N) is 3. The van der Waals surface area contributed by atoms with Crippen molar-refractivity contribution in [1.82, 2.24) is 14.6 Å². The van der Waals surface area contributed by atoms with Gasteiger partial charge in [0.25, 0.3) is 0 Å². The molecule has 2 aromatic heterocycles. The Balaban J connectivity index is 2.30. The maximum Gasteiger partial charge on any atom is 0.213 e. The molecule has 0 unspecified atom stereocenters. The van der Waals surface area contributed by atoms with Crippen LogP contribution in [0.3, 0.4) is 0 Å². The number of thioether (sulfide) groups is 1. The molecule has 0 bridgehead atoms. The normalized spacial score (nSPS) is 13.6. The van der Waals surface area contributed by atoms with Crippen LogP contribution in [0.1, 0.15) is 19.5 Å². The van der Waals surface area contributed by atoms with Gasteiger partial charge in [-0.1, -0.05) is 23.5 Å². The largest absolute Gasteiger partial charge is 0.218 e. The number of rotatable bonds is 3. The van der Waals surface area contributed by atoms with Crippen molar-refractivity contribution in [3.05, 3.63) is 32.9 Å². The standard InChI is InChI=1S/C11H12BrN3S2/c1-7(4-5-8(2)16-3)9-6-15-11(13-9)17-10(12)14-15/h4-6H,1-3H3/b7-4+,8-5+. The second-order valence-corrected chi connectivity index (χ2v) is 6.82. The van der Waals surface area contributed by atoms with Crippen molar-refractivity contribution < 1.29 is 0 Å². The molecular weight excluding hydrogens is 318 g/mol. The lowest BCUT2D eigenvalue weighted by atomic mass is 10.2. The highest BCUT2D eigenvalue weighted by atomic mass is 79.9. The molecule has 0 aliphatic carbocycles. The van der Waals surface area contributed by atoms with E-state index in [1.54, 1.807) is 16.3 Å². The van der Waals surface area contributed by atoms with Crippen molar-refractivity contribution in [3.8, 4) is 0 Å². The Morgan fingerprint density at radius 3 is 2.88 bits per heavy atom. The van der Waals surface area contributed by atoms with Gasteiger partial charge in [0.1, 0.15) is 0 Å². The minimum absolute atomic E-state index is 0.853. The van der Waals surface area contributed by atoms with Crippen molar-refractivity contribution in [2.24, 2.45) is 0 Å². The van der Waals surface area contributed by atoms with Crippen molar-refractivity contribution in [2.75, 3.05) is 6.26 Å². The van der Waals surface area contributed by atoms with Gasteiger partial charge in [-0.15, -0.1) is 16.9 Å². The Labute approximate surface area is 117 Å². The van der Waals surface area contributed by atoms with E-state index in [2.05, 4.69) is 58.3 Å². The lowest BCUT2D eigenvalue weighted by Crippen LogP contribution is -1.80. The highest BCUT2D eigenvalue weighted by Gasteiger charge is 2.07. The van der Waals surface area contributed by atoms with Crippen LogP contribution in [0.15, 0.2) is 27.2 Å². The average molecular weight is 330 g/mol. The molecule has 2 heterocycles. The zero-order chi connectivity index (χ0) is 12.4. The summed E-state index contributed by atoms with van der Waals surface area (Å²) < 4.78 is 2.65. The van der Waals surface area contributed by atoms with Gasteiger partial charge in [-0.3, -0.25) is 0 Å². The predicted octanol–water partition coefficient (Wildman–Crippen LogP) is 4.22. The summed E-state index contributed by atoms with van der Waals surface area (Å²) in [6, 6.07) is 0. The number of hydrogen-bond donors (Lipinski definition) is 0. The molecule has 3 nitrogen and oxygen atoms in total. The van der Waals surface area contributed by atoms with Crippen LogP contribution < -0.4 is 0 Å². The molecule has 0 saturated heterocycles. The molecule has 17 heavy (non-hydrogen) atoms. The monoisotopic (exact) mass is 329 g/mol. The zero-order valence-corrected chi connectivity index (χ0v) is 13.0. The topological polar surface area (TPSA) is 30.2 Å². The maximum atomic E-state index is 4.52. The quantitative estimate of drug-likeness (QED) is 0.789. The van der Waals surface area contributed by atoms with Crippen LogP contribution in [0.5, 0.6) is 0 Å². The Hall–Kier alpha value is -0.590. The van der Waals surface area contributed by atoms with Gasteiger partial charge in [0.05, 0.1) is 11.9 Å². The second-order valence-electron chi connectivity index (χ2n) is 3.54. The lowest BCUT2D eigenvalue weighted by Gasteiger charge is -1.94. The number of allylic oxidation sites excluding steroid dienone is 4. The summed E-state index contributed by atoms with van der Waals surface area (Å²) in [5.74, 6) is 0. The third-order valence-electron chi connectivity index (χ3n) is 2.31. The van der Waals surface area contributed by atoms with Crippen LogP contribution in [0.4, 0.5) is 0 Å². The van der Waals surface area contributed by atoms with E-state index in [-0.39, 0.29) is 0 Å². The van der Waals surface area contributed by atoms with E-state index >= 15 is 0 Å². The van der Waals surface area contributed by atoms with Crippen LogP contribution in [0.25, 0.3) is 10.5 Å². The third-order valence-corrected chi connectivity index (χ3v) is 4.45. The molecule has 0 N–H and O–H groups in total. The zero-order valence-electron chi connectivity index (χ0n) is 9.77. The van der Waals surface area contributed by atoms with Gasteiger partial charge in [-0.2, -0.15) is 0 Å². The van der Waals surface area contributed by atoms with E-state index < -0.39 is 0 Å². The number of halogens is 1. The minimum Gasteiger partial charge on any atom is -0.218 e. The minimum atomic E-state index is 0.853. The molecule has 90 valence electrons. The van der Waals surface area contributed by atoms with E-state index in [1.165, 1.54) is 16.2 Å². The average Bonchev–Trinajstić information content (AvgIpc) is 2.82. The molecule has 2 rings (SSSR count). The van der Waals surface area contributed by atoms with Crippen molar-refractivity contribution in [2.45, 2.75) is 13.8 Å². The fourth-order valence-corrected chi connectivity index (χ4v) is 2.68. The summed E-state index contributed by atoms with van der Waals surface area (Å²) in [6.07, 6.45) is 8.22. The van der Waals surface area contributed by atoms with Crippen LogP contribution in [0, 0.1) is 0 Å². The molecule has 6 heteroatoms. The van der Waals surface area contributed by atoms with Gasteiger partial charge in [0.2, 0.25) is 4.96 Å². The first-order valence-electron chi connectivity index (χ1n) is 5.01. The molecule has 0 fully saturated rings. The van der Waals surface area contributed by atoms with Gasteiger partial charge in [-0.25, -0.2) is 9.50 Å². The maximum absolute atomic E-state index is 4.52. The number of fused-ring (bicyclic) bond motifs is 1. The summed E-state index contributed by atoms with van der Waals surface area (Å²) in [6.45, 7) is 4.16. The van der Waals surface area contributed by atoms with Gasteiger partial charge in [0.15, 0.2) is 3.92 Å². The summed E-state index contributed by atoms with van der Waals surface area (Å²) in [4.78, 5) is 6.71. The van der Waals surface area contributed by atoms with Gasteiger partial charge < -0.3 is 0 Å². The Bertz CT molecular complexity index is 563. The molecule has 0 atom stereocenters. The highest BCUT2D eigenvalue weighted by Crippen LogP contribution is 2.22. The molecular formula is C11H12BrN3S2. The van der Waals surface area contributed by atoms with Crippen LogP contribution in [-0.4, -0.2) is 20.9 Å². The van der Waals surface area contributed by atoms with E-state index in [0.717, 1.165) is 20.1 Å².